The van der Waals surface area contributed by atoms with Crippen LogP contribution >= 0.6 is 0 Å². The summed E-state index contributed by atoms with van der Waals surface area (Å²) < 4.78 is 16.1. The van der Waals surface area contributed by atoms with E-state index in [1.807, 2.05) is 50.2 Å². The largest absolute Gasteiger partial charge is 0.496 e. The Morgan fingerprint density at radius 3 is 2.48 bits per heavy atom. The summed E-state index contributed by atoms with van der Waals surface area (Å²) in [6.45, 7) is 3.90. The van der Waals surface area contributed by atoms with Gasteiger partial charge in [0, 0.05) is 11.1 Å². The summed E-state index contributed by atoms with van der Waals surface area (Å²) in [5.41, 5.74) is 3.70. The van der Waals surface area contributed by atoms with E-state index in [2.05, 4.69) is 4.99 Å². The van der Waals surface area contributed by atoms with Crippen LogP contribution in [-0.4, -0.2) is 26.1 Å². The number of rotatable bonds is 4. The van der Waals surface area contributed by atoms with Crippen molar-refractivity contribution in [1.82, 2.24) is 0 Å². The van der Waals surface area contributed by atoms with Crippen molar-refractivity contribution in [1.29, 1.82) is 0 Å². The molecule has 1 aliphatic rings. The van der Waals surface area contributed by atoms with Crippen molar-refractivity contribution in [3.63, 3.8) is 0 Å². The Morgan fingerprint density at radius 2 is 1.80 bits per heavy atom. The van der Waals surface area contributed by atoms with Crippen LogP contribution < -0.4 is 9.47 Å². The zero-order chi connectivity index (χ0) is 18.0. The van der Waals surface area contributed by atoms with Crippen LogP contribution in [0.25, 0.3) is 6.08 Å². The zero-order valence-corrected chi connectivity index (χ0v) is 14.6. The van der Waals surface area contributed by atoms with Gasteiger partial charge >= 0.3 is 5.97 Å². The van der Waals surface area contributed by atoms with Crippen LogP contribution in [0.2, 0.25) is 0 Å². The lowest BCUT2D eigenvalue weighted by Gasteiger charge is -2.10. The van der Waals surface area contributed by atoms with Gasteiger partial charge in [-0.05, 0) is 49.8 Å². The van der Waals surface area contributed by atoms with Crippen molar-refractivity contribution < 1.29 is 19.0 Å². The standard InChI is InChI=1S/C20H19NO4/c1-12-6-5-7-14(8-12)19-21-16(20(22)25-19)10-15-11-17(23-3)13(2)9-18(15)24-4/h5-11H,1-4H3/b16-10+. The fourth-order valence-corrected chi connectivity index (χ4v) is 2.64. The molecular formula is C20H19NO4. The molecule has 5 heteroatoms. The molecule has 0 bridgehead atoms. The number of methoxy groups -OCH3 is 2. The van der Waals surface area contributed by atoms with E-state index in [1.165, 1.54) is 0 Å². The predicted molar refractivity (Wildman–Crippen MR) is 96.1 cm³/mol. The van der Waals surface area contributed by atoms with Gasteiger partial charge in [0.2, 0.25) is 5.90 Å². The van der Waals surface area contributed by atoms with E-state index in [4.69, 9.17) is 14.2 Å². The second-order valence-electron chi connectivity index (χ2n) is 5.77. The normalized spacial score (nSPS) is 15.1. The van der Waals surface area contributed by atoms with Crippen molar-refractivity contribution in [2.24, 2.45) is 4.99 Å². The maximum Gasteiger partial charge on any atom is 0.363 e. The second kappa shape index (κ2) is 6.81. The van der Waals surface area contributed by atoms with Gasteiger partial charge < -0.3 is 14.2 Å². The van der Waals surface area contributed by atoms with E-state index in [1.54, 1.807) is 20.3 Å². The van der Waals surface area contributed by atoms with E-state index in [0.29, 0.717) is 23.0 Å². The molecule has 0 unspecified atom stereocenters. The number of carbonyl (C=O) groups is 1. The molecule has 0 aromatic heterocycles. The number of esters is 1. The minimum absolute atomic E-state index is 0.223. The van der Waals surface area contributed by atoms with Crippen LogP contribution in [0.3, 0.4) is 0 Å². The number of aryl methyl sites for hydroxylation is 2. The average molecular weight is 337 g/mol. The van der Waals surface area contributed by atoms with Crippen molar-refractivity contribution in [3.8, 4) is 11.5 Å². The number of cyclic esters (lactones) is 1. The smallest absolute Gasteiger partial charge is 0.363 e. The van der Waals surface area contributed by atoms with Crippen molar-refractivity contribution in [2.45, 2.75) is 13.8 Å². The van der Waals surface area contributed by atoms with Gasteiger partial charge in [0.05, 0.1) is 14.2 Å². The lowest BCUT2D eigenvalue weighted by molar-refractivity contribution is -0.129. The number of benzene rings is 2. The second-order valence-corrected chi connectivity index (χ2v) is 5.77. The summed E-state index contributed by atoms with van der Waals surface area (Å²) in [5.74, 6) is 1.16. The van der Waals surface area contributed by atoms with Crippen LogP contribution in [0, 0.1) is 13.8 Å². The molecule has 5 nitrogen and oxygen atoms in total. The molecule has 25 heavy (non-hydrogen) atoms. The van der Waals surface area contributed by atoms with Gasteiger partial charge in [-0.2, -0.15) is 0 Å². The fraction of sp³-hybridized carbons (Fsp3) is 0.200. The van der Waals surface area contributed by atoms with E-state index >= 15 is 0 Å². The van der Waals surface area contributed by atoms with E-state index < -0.39 is 5.97 Å². The first kappa shape index (κ1) is 16.8. The Kier molecular flexibility index (Phi) is 4.57. The molecule has 0 atom stereocenters. The Bertz CT molecular complexity index is 897. The van der Waals surface area contributed by atoms with Crippen molar-refractivity contribution >= 4 is 17.9 Å². The molecule has 0 radical (unpaired) electrons. The van der Waals surface area contributed by atoms with E-state index in [-0.39, 0.29) is 5.70 Å². The molecule has 0 saturated carbocycles. The number of ether oxygens (including phenoxy) is 3. The van der Waals surface area contributed by atoms with Gasteiger partial charge in [-0.1, -0.05) is 17.7 Å². The molecule has 0 aliphatic carbocycles. The summed E-state index contributed by atoms with van der Waals surface area (Å²) in [7, 11) is 3.18. The minimum atomic E-state index is -0.488. The molecule has 2 aromatic rings. The van der Waals surface area contributed by atoms with Gasteiger partial charge in [-0.25, -0.2) is 9.79 Å². The molecule has 0 fully saturated rings. The number of aliphatic imine (C=N–C) groups is 1. The summed E-state index contributed by atoms with van der Waals surface area (Å²) in [6.07, 6.45) is 1.64. The zero-order valence-electron chi connectivity index (χ0n) is 14.6. The quantitative estimate of drug-likeness (QED) is 0.631. The number of nitrogens with zero attached hydrogens (tertiary/aromatic N) is 1. The highest BCUT2D eigenvalue weighted by atomic mass is 16.6. The summed E-state index contributed by atoms with van der Waals surface area (Å²) in [4.78, 5) is 16.5. The Hall–Kier alpha value is -3.08. The Balaban J connectivity index is 2.02. The van der Waals surface area contributed by atoms with Crippen LogP contribution in [0.4, 0.5) is 0 Å². The van der Waals surface area contributed by atoms with E-state index in [9.17, 15) is 4.79 Å². The number of hydrogen-bond acceptors (Lipinski definition) is 5. The summed E-state index contributed by atoms with van der Waals surface area (Å²) in [6, 6.07) is 11.3. The van der Waals surface area contributed by atoms with Crippen LogP contribution in [0.1, 0.15) is 22.3 Å². The third kappa shape index (κ3) is 3.40. The van der Waals surface area contributed by atoms with Gasteiger partial charge in [-0.3, -0.25) is 0 Å². The first-order chi connectivity index (χ1) is 12.0. The molecule has 1 aliphatic heterocycles. The number of carbonyl (C=O) groups excluding carboxylic acids is 1. The maximum atomic E-state index is 12.2. The van der Waals surface area contributed by atoms with E-state index in [0.717, 1.165) is 16.7 Å². The van der Waals surface area contributed by atoms with Crippen LogP contribution in [0.15, 0.2) is 47.1 Å². The highest BCUT2D eigenvalue weighted by Gasteiger charge is 2.24. The van der Waals surface area contributed by atoms with Gasteiger partial charge in [0.1, 0.15) is 11.5 Å². The Labute approximate surface area is 146 Å². The van der Waals surface area contributed by atoms with Gasteiger partial charge in [0.25, 0.3) is 0 Å². The molecule has 128 valence electrons. The number of hydrogen-bond donors (Lipinski definition) is 0. The molecule has 0 amide bonds. The van der Waals surface area contributed by atoms with Gasteiger partial charge in [-0.15, -0.1) is 0 Å². The molecule has 1 heterocycles. The first-order valence-corrected chi connectivity index (χ1v) is 7.84. The summed E-state index contributed by atoms with van der Waals surface area (Å²) >= 11 is 0. The predicted octanol–water partition coefficient (Wildman–Crippen LogP) is 3.67. The van der Waals surface area contributed by atoms with Crippen molar-refractivity contribution in [2.75, 3.05) is 14.2 Å². The molecule has 0 spiro atoms. The third-order valence-corrected chi connectivity index (χ3v) is 3.92. The third-order valence-electron chi connectivity index (χ3n) is 3.92. The Morgan fingerprint density at radius 1 is 1.04 bits per heavy atom. The molecule has 0 saturated heterocycles. The van der Waals surface area contributed by atoms with Crippen LogP contribution in [-0.2, 0) is 9.53 Å². The highest BCUT2D eigenvalue weighted by Crippen LogP contribution is 2.31. The topological polar surface area (TPSA) is 57.1 Å². The maximum absolute atomic E-state index is 12.2. The fourth-order valence-electron chi connectivity index (χ4n) is 2.64. The minimum Gasteiger partial charge on any atom is -0.496 e. The molecule has 3 rings (SSSR count). The summed E-state index contributed by atoms with van der Waals surface area (Å²) in [5, 5.41) is 0. The van der Waals surface area contributed by atoms with Crippen LogP contribution in [0.5, 0.6) is 11.5 Å². The van der Waals surface area contributed by atoms with Gasteiger partial charge in [0.15, 0.2) is 5.70 Å². The first-order valence-electron chi connectivity index (χ1n) is 7.84. The SMILES string of the molecule is COc1cc(/C=C2/N=C(c3cccc(C)c3)OC2=O)c(OC)cc1C. The molecular weight excluding hydrogens is 318 g/mol. The lowest BCUT2D eigenvalue weighted by Crippen LogP contribution is -2.05. The molecule has 2 aromatic carbocycles. The average Bonchev–Trinajstić information content (AvgIpc) is 2.97. The van der Waals surface area contributed by atoms with Crippen molar-refractivity contribution in [3.05, 3.63) is 64.3 Å². The molecule has 0 N–H and O–H groups in total. The lowest BCUT2D eigenvalue weighted by atomic mass is 10.1. The monoisotopic (exact) mass is 337 g/mol. The highest BCUT2D eigenvalue weighted by molar-refractivity contribution is 6.13.